The van der Waals surface area contributed by atoms with Crippen LogP contribution in [0.5, 0.6) is 0 Å². The molecule has 4 nitrogen and oxygen atoms in total. The van der Waals surface area contributed by atoms with E-state index in [-0.39, 0.29) is 12.0 Å². The SMILES string of the molecule is O=C(NCC1CCCO1)c1c[nH]c2cc(Cl)ccc12. The quantitative estimate of drug-likeness (QED) is 0.907. The summed E-state index contributed by atoms with van der Waals surface area (Å²) in [6, 6.07) is 5.46. The zero-order chi connectivity index (χ0) is 13.2. The highest BCUT2D eigenvalue weighted by atomic mass is 35.5. The van der Waals surface area contributed by atoms with Crippen LogP contribution in [0.25, 0.3) is 10.9 Å². The van der Waals surface area contributed by atoms with Crippen LogP contribution < -0.4 is 5.32 Å². The maximum atomic E-state index is 12.1. The summed E-state index contributed by atoms with van der Waals surface area (Å²) in [5.74, 6) is -0.0796. The second-order valence-electron chi connectivity index (χ2n) is 4.74. The lowest BCUT2D eigenvalue weighted by atomic mass is 10.1. The van der Waals surface area contributed by atoms with Crippen LogP contribution in [0.2, 0.25) is 5.02 Å². The first kappa shape index (κ1) is 12.5. The molecule has 1 atom stereocenters. The minimum atomic E-state index is -0.0796. The summed E-state index contributed by atoms with van der Waals surface area (Å²) < 4.78 is 5.48. The van der Waals surface area contributed by atoms with Gasteiger partial charge in [-0.15, -0.1) is 0 Å². The molecule has 1 aliphatic heterocycles. The van der Waals surface area contributed by atoms with Crippen LogP contribution in [0.4, 0.5) is 0 Å². The minimum Gasteiger partial charge on any atom is -0.376 e. The van der Waals surface area contributed by atoms with Crippen molar-refractivity contribution in [3.63, 3.8) is 0 Å². The number of aromatic amines is 1. The first-order chi connectivity index (χ1) is 9.24. The lowest BCUT2D eigenvalue weighted by Gasteiger charge is -2.10. The summed E-state index contributed by atoms with van der Waals surface area (Å²) in [6.45, 7) is 1.37. The van der Waals surface area contributed by atoms with Gasteiger partial charge in [0.25, 0.3) is 5.91 Å². The second-order valence-corrected chi connectivity index (χ2v) is 5.17. The van der Waals surface area contributed by atoms with Crippen molar-refractivity contribution < 1.29 is 9.53 Å². The standard InChI is InChI=1S/C14H15ClN2O2/c15-9-3-4-11-12(8-16-13(11)6-9)14(18)17-7-10-2-1-5-19-10/h3-4,6,8,10,16H,1-2,5,7H2,(H,17,18). The van der Waals surface area contributed by atoms with E-state index in [9.17, 15) is 4.79 Å². The van der Waals surface area contributed by atoms with Gasteiger partial charge in [0.05, 0.1) is 11.7 Å². The van der Waals surface area contributed by atoms with Gasteiger partial charge >= 0.3 is 0 Å². The monoisotopic (exact) mass is 278 g/mol. The van der Waals surface area contributed by atoms with Crippen molar-refractivity contribution >= 4 is 28.4 Å². The summed E-state index contributed by atoms with van der Waals surface area (Å²) in [4.78, 5) is 15.2. The van der Waals surface area contributed by atoms with Gasteiger partial charge in [0.15, 0.2) is 0 Å². The van der Waals surface area contributed by atoms with Crippen LogP contribution in [-0.2, 0) is 4.74 Å². The van der Waals surface area contributed by atoms with E-state index in [0.717, 1.165) is 30.4 Å². The number of nitrogens with one attached hydrogen (secondary N) is 2. The van der Waals surface area contributed by atoms with Crippen LogP contribution in [-0.4, -0.2) is 30.1 Å². The number of carbonyl (C=O) groups is 1. The molecule has 1 saturated heterocycles. The third kappa shape index (κ3) is 2.60. The summed E-state index contributed by atoms with van der Waals surface area (Å²) in [5, 5.41) is 4.45. The fraction of sp³-hybridized carbons (Fsp3) is 0.357. The van der Waals surface area contributed by atoms with Crippen molar-refractivity contribution in [2.24, 2.45) is 0 Å². The number of amides is 1. The Morgan fingerprint density at radius 3 is 3.21 bits per heavy atom. The molecule has 2 aromatic rings. The molecule has 0 spiro atoms. The van der Waals surface area contributed by atoms with Crippen molar-refractivity contribution in [1.82, 2.24) is 10.3 Å². The summed E-state index contributed by atoms with van der Waals surface area (Å²) in [7, 11) is 0. The Bertz CT molecular complexity index is 603. The first-order valence-electron chi connectivity index (χ1n) is 6.40. The number of benzene rings is 1. The Hall–Kier alpha value is -1.52. The number of halogens is 1. The number of carbonyl (C=O) groups excluding carboxylic acids is 1. The van der Waals surface area contributed by atoms with Gasteiger partial charge in [-0.3, -0.25) is 4.79 Å². The molecule has 5 heteroatoms. The first-order valence-corrected chi connectivity index (χ1v) is 6.78. The highest BCUT2D eigenvalue weighted by molar-refractivity contribution is 6.31. The number of H-pyrrole nitrogens is 1. The summed E-state index contributed by atoms with van der Waals surface area (Å²) >= 11 is 5.92. The average Bonchev–Trinajstić information content (AvgIpc) is 3.04. The van der Waals surface area contributed by atoms with E-state index in [1.54, 1.807) is 12.3 Å². The topological polar surface area (TPSA) is 54.1 Å². The molecule has 1 aromatic heterocycles. The lowest BCUT2D eigenvalue weighted by molar-refractivity contribution is 0.0859. The fourth-order valence-electron chi connectivity index (χ4n) is 2.39. The van der Waals surface area contributed by atoms with E-state index in [2.05, 4.69) is 10.3 Å². The van der Waals surface area contributed by atoms with Crippen LogP contribution >= 0.6 is 11.6 Å². The number of aromatic nitrogens is 1. The van der Waals surface area contributed by atoms with Crippen LogP contribution in [0.1, 0.15) is 23.2 Å². The zero-order valence-electron chi connectivity index (χ0n) is 10.4. The van der Waals surface area contributed by atoms with Crippen LogP contribution in [0.3, 0.4) is 0 Å². The molecule has 0 bridgehead atoms. The molecule has 2 N–H and O–H groups in total. The van der Waals surface area contributed by atoms with Crippen molar-refractivity contribution in [1.29, 1.82) is 0 Å². The van der Waals surface area contributed by atoms with E-state index in [4.69, 9.17) is 16.3 Å². The van der Waals surface area contributed by atoms with Gasteiger partial charge in [-0.1, -0.05) is 17.7 Å². The second kappa shape index (κ2) is 5.23. The largest absolute Gasteiger partial charge is 0.376 e. The average molecular weight is 279 g/mol. The molecular weight excluding hydrogens is 264 g/mol. The molecule has 100 valence electrons. The molecule has 19 heavy (non-hydrogen) atoms. The Kier molecular flexibility index (Phi) is 3.44. The number of ether oxygens (including phenoxy) is 1. The Morgan fingerprint density at radius 1 is 1.53 bits per heavy atom. The minimum absolute atomic E-state index is 0.0796. The third-order valence-corrected chi connectivity index (χ3v) is 3.64. The van der Waals surface area contributed by atoms with Crippen molar-refractivity contribution in [3.8, 4) is 0 Å². The molecule has 1 fully saturated rings. The van der Waals surface area contributed by atoms with Crippen molar-refractivity contribution in [2.45, 2.75) is 18.9 Å². The molecule has 0 aliphatic carbocycles. The maximum Gasteiger partial charge on any atom is 0.253 e. The third-order valence-electron chi connectivity index (χ3n) is 3.40. The normalized spacial score (nSPS) is 18.9. The lowest BCUT2D eigenvalue weighted by Crippen LogP contribution is -2.31. The number of hydrogen-bond donors (Lipinski definition) is 2. The Labute approximate surface area is 116 Å². The van der Waals surface area contributed by atoms with Gasteiger partial charge in [0.2, 0.25) is 0 Å². The highest BCUT2D eigenvalue weighted by Gasteiger charge is 2.18. The van der Waals surface area contributed by atoms with Crippen molar-refractivity contribution in [2.75, 3.05) is 13.2 Å². The Morgan fingerprint density at radius 2 is 2.42 bits per heavy atom. The van der Waals surface area contributed by atoms with Crippen LogP contribution in [0, 0.1) is 0 Å². The molecule has 1 amide bonds. The molecule has 1 aliphatic rings. The van der Waals surface area contributed by atoms with Gasteiger partial charge in [-0.2, -0.15) is 0 Å². The highest BCUT2D eigenvalue weighted by Crippen LogP contribution is 2.22. The number of fused-ring (bicyclic) bond motifs is 1. The van der Waals surface area contributed by atoms with Crippen LogP contribution in [0.15, 0.2) is 24.4 Å². The smallest absolute Gasteiger partial charge is 0.253 e. The summed E-state index contributed by atoms with van der Waals surface area (Å²) in [6.07, 6.45) is 3.96. The maximum absolute atomic E-state index is 12.1. The van der Waals surface area contributed by atoms with Gasteiger partial charge in [-0.25, -0.2) is 0 Å². The molecule has 1 aromatic carbocycles. The predicted molar refractivity (Wildman–Crippen MR) is 74.6 cm³/mol. The van der Waals surface area contributed by atoms with E-state index < -0.39 is 0 Å². The fourth-order valence-corrected chi connectivity index (χ4v) is 2.57. The van der Waals surface area contributed by atoms with Gasteiger partial charge in [0.1, 0.15) is 0 Å². The van der Waals surface area contributed by atoms with E-state index in [1.807, 2.05) is 12.1 Å². The molecule has 3 rings (SSSR count). The molecule has 0 saturated carbocycles. The Balaban J connectivity index is 1.74. The van der Waals surface area contributed by atoms with Crippen molar-refractivity contribution in [3.05, 3.63) is 35.0 Å². The zero-order valence-corrected chi connectivity index (χ0v) is 11.2. The van der Waals surface area contributed by atoms with E-state index in [0.29, 0.717) is 17.1 Å². The number of hydrogen-bond acceptors (Lipinski definition) is 2. The van der Waals surface area contributed by atoms with Gasteiger partial charge in [0, 0.05) is 35.3 Å². The van der Waals surface area contributed by atoms with Gasteiger partial charge in [-0.05, 0) is 25.0 Å². The molecule has 0 radical (unpaired) electrons. The van der Waals surface area contributed by atoms with E-state index >= 15 is 0 Å². The van der Waals surface area contributed by atoms with E-state index in [1.165, 1.54) is 0 Å². The summed E-state index contributed by atoms with van der Waals surface area (Å²) in [5.41, 5.74) is 1.51. The molecule has 2 heterocycles. The molecular formula is C14H15ClN2O2. The molecule has 1 unspecified atom stereocenters. The predicted octanol–water partition coefficient (Wildman–Crippen LogP) is 2.73. The van der Waals surface area contributed by atoms with Gasteiger partial charge < -0.3 is 15.0 Å². The number of rotatable bonds is 3.